The van der Waals surface area contributed by atoms with Crippen LogP contribution in [-0.2, 0) is 10.2 Å². The van der Waals surface area contributed by atoms with Gasteiger partial charge in [-0.3, -0.25) is 0 Å². The molecule has 2 aliphatic rings. The van der Waals surface area contributed by atoms with E-state index in [4.69, 9.17) is 4.74 Å². The molecule has 2 heterocycles. The Kier molecular flexibility index (Phi) is 5.90. The number of halogens is 1. The Balaban J connectivity index is 1.68. The summed E-state index contributed by atoms with van der Waals surface area (Å²) in [5, 5.41) is 3.86. The Labute approximate surface area is 145 Å². The fourth-order valence-corrected chi connectivity index (χ4v) is 4.28. The highest BCUT2D eigenvalue weighted by Crippen LogP contribution is 2.35. The van der Waals surface area contributed by atoms with E-state index in [0.717, 1.165) is 39.1 Å². The first-order valence-electron chi connectivity index (χ1n) is 9.42. The number of nitrogens with one attached hydrogen (secondary N) is 1. The van der Waals surface area contributed by atoms with Crippen LogP contribution in [0, 0.1) is 11.7 Å². The minimum absolute atomic E-state index is 0.0769. The average Bonchev–Trinajstić information content (AvgIpc) is 2.62. The third kappa shape index (κ3) is 3.98. The van der Waals surface area contributed by atoms with Crippen LogP contribution in [0.4, 0.5) is 4.39 Å². The zero-order valence-electron chi connectivity index (χ0n) is 15.1. The van der Waals surface area contributed by atoms with E-state index in [0.29, 0.717) is 12.0 Å². The molecule has 2 fully saturated rings. The number of likely N-dealkylation sites (tertiary alicyclic amines) is 1. The smallest absolute Gasteiger partial charge is 0.123 e. The molecule has 0 amide bonds. The molecule has 2 atom stereocenters. The minimum Gasteiger partial charge on any atom is -0.381 e. The molecule has 0 radical (unpaired) electrons. The van der Waals surface area contributed by atoms with Crippen LogP contribution in [0.15, 0.2) is 24.3 Å². The largest absolute Gasteiger partial charge is 0.381 e. The summed E-state index contributed by atoms with van der Waals surface area (Å²) in [6.07, 6.45) is 3.23. The van der Waals surface area contributed by atoms with Crippen LogP contribution >= 0.6 is 0 Å². The molecule has 1 N–H and O–H groups in total. The molecule has 0 unspecified atom stereocenters. The lowest BCUT2D eigenvalue weighted by Gasteiger charge is -2.42. The van der Waals surface area contributed by atoms with Crippen molar-refractivity contribution in [3.05, 3.63) is 35.6 Å². The second kappa shape index (κ2) is 7.94. The van der Waals surface area contributed by atoms with Gasteiger partial charge in [0.2, 0.25) is 0 Å². The van der Waals surface area contributed by atoms with Gasteiger partial charge >= 0.3 is 0 Å². The van der Waals surface area contributed by atoms with Gasteiger partial charge in [-0.05, 0) is 56.0 Å². The summed E-state index contributed by atoms with van der Waals surface area (Å²) in [4.78, 5) is 2.53. The topological polar surface area (TPSA) is 24.5 Å². The maximum atomic E-state index is 13.3. The van der Waals surface area contributed by atoms with Gasteiger partial charge in [0.15, 0.2) is 0 Å². The van der Waals surface area contributed by atoms with Crippen molar-refractivity contribution >= 4 is 0 Å². The molecule has 0 bridgehead atoms. The predicted molar refractivity (Wildman–Crippen MR) is 95.8 cm³/mol. The van der Waals surface area contributed by atoms with Crippen molar-refractivity contribution in [1.82, 2.24) is 10.2 Å². The van der Waals surface area contributed by atoms with Crippen molar-refractivity contribution in [2.45, 2.75) is 44.6 Å². The number of hydrogen-bond acceptors (Lipinski definition) is 3. The predicted octanol–water partition coefficient (Wildman–Crippen LogP) is 3.19. The summed E-state index contributed by atoms with van der Waals surface area (Å²) in [7, 11) is 0. The minimum atomic E-state index is -0.158. The summed E-state index contributed by atoms with van der Waals surface area (Å²) in [6.45, 7) is 10.7. The van der Waals surface area contributed by atoms with Crippen molar-refractivity contribution in [2.75, 3.05) is 39.4 Å². The van der Waals surface area contributed by atoms with E-state index in [-0.39, 0.29) is 11.2 Å². The lowest BCUT2D eigenvalue weighted by molar-refractivity contribution is 0.0459. The number of rotatable bonds is 5. The van der Waals surface area contributed by atoms with E-state index in [1.54, 1.807) is 12.1 Å². The molecular weight excluding hydrogens is 303 g/mol. The van der Waals surface area contributed by atoms with Gasteiger partial charge in [-0.15, -0.1) is 0 Å². The molecule has 3 nitrogen and oxygen atoms in total. The maximum absolute atomic E-state index is 13.3. The van der Waals surface area contributed by atoms with E-state index in [1.165, 1.54) is 25.1 Å². The van der Waals surface area contributed by atoms with Gasteiger partial charge in [-0.1, -0.05) is 26.0 Å². The SMILES string of the molecule is CCN1CC[C@H](NCC2(c3ccc(F)cc3)CCOCC2)[C@H](C)C1. The first-order valence-corrected chi connectivity index (χ1v) is 9.42. The van der Waals surface area contributed by atoms with Crippen LogP contribution < -0.4 is 5.32 Å². The normalized spacial score (nSPS) is 28.0. The Hall–Kier alpha value is -0.970. The Morgan fingerprint density at radius 2 is 1.96 bits per heavy atom. The van der Waals surface area contributed by atoms with Gasteiger partial charge in [0, 0.05) is 37.8 Å². The average molecular weight is 334 g/mol. The van der Waals surface area contributed by atoms with Crippen molar-refractivity contribution in [1.29, 1.82) is 0 Å². The second-order valence-corrected chi connectivity index (χ2v) is 7.55. The van der Waals surface area contributed by atoms with Crippen molar-refractivity contribution < 1.29 is 9.13 Å². The van der Waals surface area contributed by atoms with E-state index in [1.807, 2.05) is 12.1 Å². The molecule has 24 heavy (non-hydrogen) atoms. The highest BCUT2D eigenvalue weighted by atomic mass is 19.1. The zero-order chi connectivity index (χ0) is 17.0. The third-order valence-corrected chi connectivity index (χ3v) is 6.05. The molecule has 1 aromatic rings. The quantitative estimate of drug-likeness (QED) is 0.895. The van der Waals surface area contributed by atoms with Crippen LogP contribution in [0.3, 0.4) is 0 Å². The Morgan fingerprint density at radius 1 is 1.25 bits per heavy atom. The standard InChI is InChI=1S/C20H31FN2O/c1-3-23-11-8-19(16(2)14-23)22-15-20(9-12-24-13-10-20)17-4-6-18(21)7-5-17/h4-7,16,19,22H,3,8-15H2,1-2H3/t16-,19+/m1/s1. The van der Waals surface area contributed by atoms with Crippen LogP contribution in [-0.4, -0.2) is 50.3 Å². The van der Waals surface area contributed by atoms with Gasteiger partial charge in [-0.25, -0.2) is 4.39 Å². The lowest BCUT2D eigenvalue weighted by atomic mass is 9.73. The van der Waals surface area contributed by atoms with Gasteiger partial charge in [0.25, 0.3) is 0 Å². The number of piperidine rings is 1. The zero-order valence-corrected chi connectivity index (χ0v) is 15.1. The molecule has 2 aliphatic heterocycles. The van der Waals surface area contributed by atoms with Gasteiger partial charge in [0.1, 0.15) is 5.82 Å². The maximum Gasteiger partial charge on any atom is 0.123 e. The van der Waals surface area contributed by atoms with Gasteiger partial charge < -0.3 is 15.0 Å². The van der Waals surface area contributed by atoms with Crippen molar-refractivity contribution in [3.8, 4) is 0 Å². The molecule has 0 spiro atoms. The number of hydrogen-bond donors (Lipinski definition) is 1. The first kappa shape index (κ1) is 17.8. The fraction of sp³-hybridized carbons (Fsp3) is 0.700. The molecule has 0 aromatic heterocycles. The van der Waals surface area contributed by atoms with E-state index in [2.05, 4.69) is 24.1 Å². The number of ether oxygens (including phenoxy) is 1. The number of benzene rings is 1. The summed E-state index contributed by atoms with van der Waals surface area (Å²) in [5.74, 6) is 0.512. The molecule has 3 rings (SSSR count). The monoisotopic (exact) mass is 334 g/mol. The molecule has 0 aliphatic carbocycles. The summed E-state index contributed by atoms with van der Waals surface area (Å²) in [5.41, 5.74) is 1.33. The van der Waals surface area contributed by atoms with Gasteiger partial charge in [-0.2, -0.15) is 0 Å². The van der Waals surface area contributed by atoms with Crippen LogP contribution in [0.5, 0.6) is 0 Å². The first-order chi connectivity index (χ1) is 11.6. The van der Waals surface area contributed by atoms with Gasteiger partial charge in [0.05, 0.1) is 0 Å². The second-order valence-electron chi connectivity index (χ2n) is 7.55. The Bertz CT molecular complexity index is 513. The molecule has 1 aromatic carbocycles. The summed E-state index contributed by atoms with van der Waals surface area (Å²) >= 11 is 0. The van der Waals surface area contributed by atoms with Crippen LogP contribution in [0.1, 0.15) is 38.7 Å². The molecule has 0 saturated carbocycles. The highest BCUT2D eigenvalue weighted by Gasteiger charge is 2.36. The lowest BCUT2D eigenvalue weighted by Crippen LogP contribution is -2.52. The fourth-order valence-electron chi connectivity index (χ4n) is 4.28. The summed E-state index contributed by atoms with van der Waals surface area (Å²) in [6, 6.07) is 7.69. The molecule has 2 saturated heterocycles. The Morgan fingerprint density at radius 3 is 2.58 bits per heavy atom. The van der Waals surface area contributed by atoms with E-state index < -0.39 is 0 Å². The van der Waals surface area contributed by atoms with E-state index in [9.17, 15) is 4.39 Å². The molecular formula is C20H31FN2O. The molecule has 4 heteroatoms. The van der Waals surface area contributed by atoms with E-state index >= 15 is 0 Å². The van der Waals surface area contributed by atoms with Crippen LogP contribution in [0.25, 0.3) is 0 Å². The van der Waals surface area contributed by atoms with Crippen LogP contribution in [0.2, 0.25) is 0 Å². The van der Waals surface area contributed by atoms with Crippen molar-refractivity contribution in [3.63, 3.8) is 0 Å². The van der Waals surface area contributed by atoms with Crippen molar-refractivity contribution in [2.24, 2.45) is 5.92 Å². The highest BCUT2D eigenvalue weighted by molar-refractivity contribution is 5.27. The molecule has 134 valence electrons. The third-order valence-electron chi connectivity index (χ3n) is 6.05. The number of nitrogens with zero attached hydrogens (tertiary/aromatic N) is 1. The summed E-state index contributed by atoms with van der Waals surface area (Å²) < 4.78 is 18.9.